The van der Waals surface area contributed by atoms with Crippen LogP contribution in [0.1, 0.15) is 37.5 Å². The van der Waals surface area contributed by atoms with E-state index in [0.29, 0.717) is 23.6 Å². The SMILES string of the molecule is O=Cc1ccccc1C(=O)c1c[nH]c2ccc(Cc3cccc(Br)n3)cc2c1=O. The molecule has 0 bridgehead atoms. The van der Waals surface area contributed by atoms with Crippen molar-refractivity contribution in [1.29, 1.82) is 0 Å². The molecule has 0 saturated carbocycles. The number of nitrogens with one attached hydrogen (secondary N) is 1. The second kappa shape index (κ2) is 7.93. The van der Waals surface area contributed by atoms with Crippen LogP contribution in [0.5, 0.6) is 0 Å². The lowest BCUT2D eigenvalue weighted by Gasteiger charge is -2.07. The topological polar surface area (TPSA) is 79.9 Å². The highest BCUT2D eigenvalue weighted by molar-refractivity contribution is 9.10. The Kier molecular flexibility index (Phi) is 5.18. The van der Waals surface area contributed by atoms with E-state index in [1.54, 1.807) is 30.3 Å². The Balaban J connectivity index is 1.77. The molecule has 0 aliphatic rings. The third-order valence-electron chi connectivity index (χ3n) is 4.68. The van der Waals surface area contributed by atoms with Crippen LogP contribution in [0, 0.1) is 0 Å². The third kappa shape index (κ3) is 3.79. The zero-order chi connectivity index (χ0) is 20.4. The summed E-state index contributed by atoms with van der Waals surface area (Å²) in [6.45, 7) is 0. The Morgan fingerprint density at radius 1 is 1.03 bits per heavy atom. The van der Waals surface area contributed by atoms with E-state index in [9.17, 15) is 14.4 Å². The van der Waals surface area contributed by atoms with Gasteiger partial charge in [0, 0.05) is 40.3 Å². The third-order valence-corrected chi connectivity index (χ3v) is 5.12. The zero-order valence-corrected chi connectivity index (χ0v) is 16.8. The summed E-state index contributed by atoms with van der Waals surface area (Å²) in [6, 6.07) is 17.6. The molecule has 2 aromatic carbocycles. The van der Waals surface area contributed by atoms with Crippen LogP contribution in [-0.4, -0.2) is 22.0 Å². The summed E-state index contributed by atoms with van der Waals surface area (Å²) in [4.78, 5) is 44.6. The van der Waals surface area contributed by atoms with Crippen LogP contribution in [-0.2, 0) is 6.42 Å². The van der Waals surface area contributed by atoms with Crippen molar-refractivity contribution in [2.45, 2.75) is 6.42 Å². The summed E-state index contributed by atoms with van der Waals surface area (Å²) >= 11 is 3.36. The minimum atomic E-state index is -0.477. The molecule has 1 N–H and O–H groups in total. The van der Waals surface area contributed by atoms with Crippen molar-refractivity contribution >= 4 is 38.9 Å². The van der Waals surface area contributed by atoms with Gasteiger partial charge in [-0.1, -0.05) is 36.4 Å². The van der Waals surface area contributed by atoms with E-state index < -0.39 is 5.78 Å². The molecule has 0 aliphatic carbocycles. The van der Waals surface area contributed by atoms with Gasteiger partial charge in [-0.05, 0) is 45.8 Å². The molecule has 2 heterocycles. The summed E-state index contributed by atoms with van der Waals surface area (Å²) in [5.74, 6) is -0.477. The molecule has 29 heavy (non-hydrogen) atoms. The standard InChI is InChI=1S/C23H15BrN2O3/c24-21-7-3-5-16(26-21)10-14-8-9-20-18(11-14)23(29)19(12-25-20)22(28)17-6-2-1-4-15(17)13-27/h1-9,11-13H,10H2,(H,25,29). The molecule has 4 rings (SSSR count). The quantitative estimate of drug-likeness (QED) is 0.281. The molecule has 142 valence electrons. The van der Waals surface area contributed by atoms with Gasteiger partial charge in [0.1, 0.15) is 4.60 Å². The maximum atomic E-state index is 13.0. The molecule has 0 aliphatic heterocycles. The second-order valence-electron chi connectivity index (χ2n) is 6.57. The summed E-state index contributed by atoms with van der Waals surface area (Å²) in [5.41, 5.74) is 2.52. The number of hydrogen-bond acceptors (Lipinski definition) is 4. The Hall–Kier alpha value is -3.38. The first-order valence-corrected chi connectivity index (χ1v) is 9.71. The van der Waals surface area contributed by atoms with E-state index in [2.05, 4.69) is 25.9 Å². The molecule has 0 amide bonds. The number of pyridine rings is 2. The molecule has 5 nitrogen and oxygen atoms in total. The van der Waals surface area contributed by atoms with Gasteiger partial charge < -0.3 is 4.98 Å². The van der Waals surface area contributed by atoms with Crippen molar-refractivity contribution in [3.05, 3.63) is 110 Å². The molecular formula is C23H15BrN2O3. The highest BCUT2D eigenvalue weighted by Gasteiger charge is 2.18. The first kappa shape index (κ1) is 19.0. The number of ketones is 1. The van der Waals surface area contributed by atoms with E-state index in [-0.39, 0.29) is 22.1 Å². The van der Waals surface area contributed by atoms with Gasteiger partial charge in [0.15, 0.2) is 12.1 Å². The highest BCUT2D eigenvalue weighted by Crippen LogP contribution is 2.17. The van der Waals surface area contributed by atoms with Crippen molar-refractivity contribution < 1.29 is 9.59 Å². The van der Waals surface area contributed by atoms with Crippen molar-refractivity contribution in [2.75, 3.05) is 0 Å². The van der Waals surface area contributed by atoms with Gasteiger partial charge in [0.05, 0.1) is 5.56 Å². The lowest BCUT2D eigenvalue weighted by molar-refractivity contribution is 0.102. The van der Waals surface area contributed by atoms with Crippen LogP contribution < -0.4 is 5.43 Å². The maximum absolute atomic E-state index is 13.0. The summed E-state index contributed by atoms with van der Waals surface area (Å²) in [5, 5.41) is 0.423. The van der Waals surface area contributed by atoms with E-state index >= 15 is 0 Å². The molecule has 0 radical (unpaired) electrons. The Morgan fingerprint density at radius 2 is 1.86 bits per heavy atom. The normalized spacial score (nSPS) is 10.8. The van der Waals surface area contributed by atoms with E-state index in [1.165, 1.54) is 6.20 Å². The number of H-pyrrole nitrogens is 1. The highest BCUT2D eigenvalue weighted by atomic mass is 79.9. The van der Waals surface area contributed by atoms with Crippen LogP contribution in [0.2, 0.25) is 0 Å². The molecule has 0 spiro atoms. The first-order valence-electron chi connectivity index (χ1n) is 8.91. The molecule has 0 saturated heterocycles. The number of benzene rings is 2. The van der Waals surface area contributed by atoms with Crippen LogP contribution in [0.3, 0.4) is 0 Å². The van der Waals surface area contributed by atoms with Crippen LogP contribution >= 0.6 is 15.9 Å². The first-order chi connectivity index (χ1) is 14.1. The number of nitrogens with zero attached hydrogens (tertiary/aromatic N) is 1. The van der Waals surface area contributed by atoms with Crippen LogP contribution in [0.25, 0.3) is 10.9 Å². The molecule has 4 aromatic rings. The summed E-state index contributed by atoms with van der Waals surface area (Å²) in [7, 11) is 0. The van der Waals surface area contributed by atoms with Crippen molar-refractivity contribution in [3.63, 3.8) is 0 Å². The number of aldehydes is 1. The molecule has 0 unspecified atom stereocenters. The fourth-order valence-corrected chi connectivity index (χ4v) is 3.63. The number of aromatic nitrogens is 2. The summed E-state index contributed by atoms with van der Waals surface area (Å²) in [6.07, 6.45) is 2.58. The molecule has 6 heteroatoms. The van der Waals surface area contributed by atoms with Gasteiger partial charge in [-0.3, -0.25) is 14.4 Å². The monoisotopic (exact) mass is 446 g/mol. The predicted octanol–water partition coefficient (Wildman–Crippen LogP) is 4.32. The van der Waals surface area contributed by atoms with Gasteiger partial charge in [-0.15, -0.1) is 0 Å². The average Bonchev–Trinajstić information content (AvgIpc) is 2.74. The van der Waals surface area contributed by atoms with Gasteiger partial charge in [-0.2, -0.15) is 0 Å². The van der Waals surface area contributed by atoms with E-state index in [0.717, 1.165) is 15.9 Å². The van der Waals surface area contributed by atoms with Gasteiger partial charge >= 0.3 is 0 Å². The fourth-order valence-electron chi connectivity index (χ4n) is 3.25. The molecule has 0 fully saturated rings. The Bertz CT molecular complexity index is 1310. The Labute approximate surface area is 174 Å². The Morgan fingerprint density at radius 3 is 2.66 bits per heavy atom. The lowest BCUT2D eigenvalue weighted by atomic mass is 9.98. The van der Waals surface area contributed by atoms with Gasteiger partial charge in [-0.25, -0.2) is 4.98 Å². The lowest BCUT2D eigenvalue weighted by Crippen LogP contribution is -2.18. The number of carbonyl (C=O) groups excluding carboxylic acids is 2. The number of aromatic amines is 1. The van der Waals surface area contributed by atoms with Crippen molar-refractivity contribution in [1.82, 2.24) is 9.97 Å². The maximum Gasteiger partial charge on any atom is 0.200 e. The van der Waals surface area contributed by atoms with Crippen LogP contribution in [0.15, 0.2) is 76.3 Å². The van der Waals surface area contributed by atoms with E-state index in [4.69, 9.17) is 0 Å². The summed E-state index contributed by atoms with van der Waals surface area (Å²) < 4.78 is 0.746. The number of carbonyl (C=O) groups is 2. The van der Waals surface area contributed by atoms with Crippen molar-refractivity contribution in [2.24, 2.45) is 0 Å². The van der Waals surface area contributed by atoms with Gasteiger partial charge in [0.2, 0.25) is 5.43 Å². The minimum Gasteiger partial charge on any atom is -0.360 e. The second-order valence-corrected chi connectivity index (χ2v) is 7.39. The minimum absolute atomic E-state index is 0.00419. The molecule has 0 atom stereocenters. The largest absolute Gasteiger partial charge is 0.360 e. The zero-order valence-electron chi connectivity index (χ0n) is 15.2. The predicted molar refractivity (Wildman–Crippen MR) is 115 cm³/mol. The molecular weight excluding hydrogens is 432 g/mol. The molecule has 2 aromatic heterocycles. The number of halogens is 1. The van der Waals surface area contributed by atoms with E-state index in [1.807, 2.05) is 30.3 Å². The van der Waals surface area contributed by atoms with Crippen LogP contribution in [0.4, 0.5) is 0 Å². The average molecular weight is 447 g/mol. The number of fused-ring (bicyclic) bond motifs is 1. The van der Waals surface area contributed by atoms with Gasteiger partial charge in [0.25, 0.3) is 0 Å². The number of rotatable bonds is 5. The smallest absolute Gasteiger partial charge is 0.200 e. The number of hydrogen-bond donors (Lipinski definition) is 1. The van der Waals surface area contributed by atoms with Crippen molar-refractivity contribution in [3.8, 4) is 0 Å². The fraction of sp³-hybridized carbons (Fsp3) is 0.0435.